The number of aromatic hydroxyl groups is 1. The maximum Gasteiger partial charge on any atom is 0.408 e. The molecule has 1 aliphatic heterocycles. The van der Waals surface area contributed by atoms with E-state index in [4.69, 9.17) is 16.3 Å². The minimum Gasteiger partial charge on any atom is -0.501 e. The number of nitrogens with one attached hydrogen (secondary N) is 2. The predicted molar refractivity (Wildman–Crippen MR) is 132 cm³/mol. The van der Waals surface area contributed by atoms with Crippen LogP contribution >= 0.6 is 11.6 Å². The van der Waals surface area contributed by atoms with Gasteiger partial charge in [0.05, 0.1) is 5.02 Å². The number of halogens is 2. The molecule has 1 aliphatic carbocycles. The molecule has 5 rings (SSSR count). The van der Waals surface area contributed by atoms with Gasteiger partial charge in [0.2, 0.25) is 5.75 Å². The Morgan fingerprint density at radius 3 is 2.76 bits per heavy atom. The van der Waals surface area contributed by atoms with Crippen molar-refractivity contribution in [3.05, 3.63) is 92.4 Å². The number of ether oxygens (including phenoxy) is 1. The normalized spacial score (nSPS) is 19.7. The Hall–Kier alpha value is -3.92. The van der Waals surface area contributed by atoms with Crippen molar-refractivity contribution in [2.24, 2.45) is 5.92 Å². The zero-order valence-electron chi connectivity index (χ0n) is 19.7. The molecular formula is C26H24ClFN4O5. The van der Waals surface area contributed by atoms with Gasteiger partial charge in [0.1, 0.15) is 23.8 Å². The Bertz CT molecular complexity index is 1430. The minimum absolute atomic E-state index is 0.0321. The molecule has 0 unspecified atom stereocenters. The summed E-state index contributed by atoms with van der Waals surface area (Å²) in [5, 5.41) is 15.9. The molecule has 2 aliphatic rings. The van der Waals surface area contributed by atoms with Crippen molar-refractivity contribution in [2.75, 3.05) is 0 Å². The number of benzene rings is 2. The number of aromatic nitrogens is 2. The fourth-order valence-electron chi connectivity index (χ4n) is 5.04. The molecule has 2 atom stereocenters. The number of hydrogen-bond donors (Lipinski definition) is 3. The predicted octanol–water partition coefficient (Wildman–Crippen LogP) is 3.61. The van der Waals surface area contributed by atoms with E-state index in [1.54, 1.807) is 0 Å². The Morgan fingerprint density at radius 1 is 1.22 bits per heavy atom. The van der Waals surface area contributed by atoms with Crippen LogP contribution in [0.2, 0.25) is 5.02 Å². The molecule has 2 aromatic carbocycles. The molecule has 9 nitrogen and oxygen atoms in total. The lowest BCUT2D eigenvalue weighted by Crippen LogP contribution is -2.51. The second kappa shape index (κ2) is 9.85. The van der Waals surface area contributed by atoms with Crippen molar-refractivity contribution in [3.63, 3.8) is 0 Å². The van der Waals surface area contributed by atoms with Crippen LogP contribution < -0.4 is 16.2 Å². The van der Waals surface area contributed by atoms with Crippen LogP contribution in [-0.2, 0) is 30.0 Å². The van der Waals surface area contributed by atoms with Crippen molar-refractivity contribution in [2.45, 2.75) is 44.5 Å². The van der Waals surface area contributed by atoms with Crippen LogP contribution in [0.5, 0.6) is 5.75 Å². The standard InChI is InChI=1S/C26H24ClFN4O5/c27-18-10-16(6-7-19(18)28)12-29-22(34)20-21(33)23(35)32-13-17-8-9-26(11-17,24(32)30-20)31-25(36)37-14-15-4-2-1-3-5-15/h1-7,10,17,33H,8-9,11-14H2,(H,29,34)(H,31,36)/t17-,26-/m1/s1. The number of alkyl carbamates (subject to hydrolysis) is 1. The molecule has 2 bridgehead atoms. The van der Waals surface area contributed by atoms with Crippen molar-refractivity contribution < 1.29 is 23.8 Å². The van der Waals surface area contributed by atoms with Crippen molar-refractivity contribution in [1.82, 2.24) is 20.2 Å². The number of rotatable bonds is 6. The van der Waals surface area contributed by atoms with E-state index in [-0.39, 0.29) is 29.9 Å². The lowest BCUT2D eigenvalue weighted by Gasteiger charge is -2.35. The molecule has 1 aromatic heterocycles. The molecule has 2 heterocycles. The quantitative estimate of drug-likeness (QED) is 0.451. The maximum absolute atomic E-state index is 13.4. The van der Waals surface area contributed by atoms with E-state index >= 15 is 0 Å². The summed E-state index contributed by atoms with van der Waals surface area (Å²) in [5.74, 6) is -1.85. The van der Waals surface area contributed by atoms with Gasteiger partial charge in [-0.25, -0.2) is 14.2 Å². The molecule has 1 saturated carbocycles. The van der Waals surface area contributed by atoms with Crippen molar-refractivity contribution >= 4 is 23.6 Å². The number of amides is 2. The summed E-state index contributed by atoms with van der Waals surface area (Å²) in [4.78, 5) is 43.1. The molecule has 37 heavy (non-hydrogen) atoms. The first-order valence-corrected chi connectivity index (χ1v) is 12.2. The van der Waals surface area contributed by atoms with E-state index in [1.165, 1.54) is 22.8 Å². The van der Waals surface area contributed by atoms with Crippen molar-refractivity contribution in [1.29, 1.82) is 0 Å². The van der Waals surface area contributed by atoms with Gasteiger partial charge in [-0.3, -0.25) is 14.2 Å². The van der Waals surface area contributed by atoms with E-state index in [1.807, 2.05) is 30.3 Å². The summed E-state index contributed by atoms with van der Waals surface area (Å²) in [7, 11) is 0. The SMILES string of the molecule is O=C(N[C@@]12CC[C@@H](Cn3c1nc(C(=O)NCc1ccc(F)c(Cl)c1)c(O)c3=O)C2)OCc1ccccc1. The summed E-state index contributed by atoms with van der Waals surface area (Å²) in [6, 6.07) is 13.2. The lowest BCUT2D eigenvalue weighted by atomic mass is 9.91. The van der Waals surface area contributed by atoms with Gasteiger partial charge in [0.15, 0.2) is 5.69 Å². The van der Waals surface area contributed by atoms with E-state index in [2.05, 4.69) is 15.6 Å². The first kappa shape index (κ1) is 24.8. The second-order valence-electron chi connectivity index (χ2n) is 9.36. The number of fused-ring (bicyclic) bond motifs is 4. The largest absolute Gasteiger partial charge is 0.501 e. The van der Waals surface area contributed by atoms with Crippen LogP contribution in [0.4, 0.5) is 9.18 Å². The Kier molecular flexibility index (Phi) is 6.59. The van der Waals surface area contributed by atoms with E-state index < -0.39 is 40.4 Å². The number of carbonyl (C=O) groups is 2. The van der Waals surface area contributed by atoms with Crippen LogP contribution in [0, 0.1) is 11.7 Å². The first-order chi connectivity index (χ1) is 17.8. The highest BCUT2D eigenvalue weighted by Gasteiger charge is 2.49. The Morgan fingerprint density at radius 2 is 2.00 bits per heavy atom. The molecule has 0 radical (unpaired) electrons. The fraction of sp³-hybridized carbons (Fsp3) is 0.308. The van der Waals surface area contributed by atoms with E-state index in [9.17, 15) is 23.9 Å². The number of nitrogens with zero attached hydrogens (tertiary/aromatic N) is 2. The molecule has 11 heteroatoms. The van der Waals surface area contributed by atoms with Crippen LogP contribution in [0.15, 0.2) is 53.3 Å². The summed E-state index contributed by atoms with van der Waals surface area (Å²) >= 11 is 5.79. The Balaban J connectivity index is 1.39. The van der Waals surface area contributed by atoms with Gasteiger partial charge in [0.25, 0.3) is 11.5 Å². The highest BCUT2D eigenvalue weighted by Crippen LogP contribution is 2.45. The molecule has 2 amide bonds. The van der Waals surface area contributed by atoms with Gasteiger partial charge in [-0.2, -0.15) is 0 Å². The van der Waals surface area contributed by atoms with Crippen LogP contribution in [0.1, 0.15) is 46.7 Å². The van der Waals surface area contributed by atoms with Crippen LogP contribution in [0.25, 0.3) is 0 Å². The first-order valence-electron chi connectivity index (χ1n) is 11.8. The van der Waals surface area contributed by atoms with Crippen LogP contribution in [-0.4, -0.2) is 26.7 Å². The third-order valence-electron chi connectivity index (χ3n) is 6.84. The molecule has 192 valence electrons. The summed E-state index contributed by atoms with van der Waals surface area (Å²) in [6.45, 7) is 0.367. The van der Waals surface area contributed by atoms with Crippen LogP contribution in [0.3, 0.4) is 0 Å². The Labute approximate surface area is 216 Å². The van der Waals surface area contributed by atoms with Gasteiger partial charge in [-0.05, 0) is 48.4 Å². The third kappa shape index (κ3) is 4.89. The average Bonchev–Trinajstić information content (AvgIpc) is 3.23. The summed E-state index contributed by atoms with van der Waals surface area (Å²) < 4.78 is 20.1. The molecule has 3 N–H and O–H groups in total. The van der Waals surface area contributed by atoms with E-state index in [0.29, 0.717) is 24.9 Å². The van der Waals surface area contributed by atoms with E-state index in [0.717, 1.165) is 12.0 Å². The summed E-state index contributed by atoms with van der Waals surface area (Å²) in [6.07, 6.45) is 1.10. The molecular weight excluding hydrogens is 503 g/mol. The third-order valence-corrected chi connectivity index (χ3v) is 7.13. The highest BCUT2D eigenvalue weighted by molar-refractivity contribution is 6.30. The molecule has 0 saturated heterocycles. The van der Waals surface area contributed by atoms with Gasteiger partial charge < -0.3 is 20.5 Å². The fourth-order valence-corrected chi connectivity index (χ4v) is 5.24. The smallest absolute Gasteiger partial charge is 0.408 e. The van der Waals surface area contributed by atoms with Gasteiger partial charge in [-0.1, -0.05) is 48.0 Å². The molecule has 0 spiro atoms. The zero-order chi connectivity index (χ0) is 26.2. The number of hydrogen-bond acceptors (Lipinski definition) is 6. The van der Waals surface area contributed by atoms with Crippen molar-refractivity contribution in [3.8, 4) is 5.75 Å². The number of carbonyl (C=O) groups excluding carboxylic acids is 2. The molecule has 1 fully saturated rings. The monoisotopic (exact) mass is 526 g/mol. The zero-order valence-corrected chi connectivity index (χ0v) is 20.4. The minimum atomic E-state index is -1.01. The lowest BCUT2D eigenvalue weighted by molar-refractivity contribution is 0.0940. The topological polar surface area (TPSA) is 123 Å². The average molecular weight is 527 g/mol. The highest BCUT2D eigenvalue weighted by atomic mass is 35.5. The van der Waals surface area contributed by atoms with Gasteiger partial charge >= 0.3 is 6.09 Å². The second-order valence-corrected chi connectivity index (χ2v) is 9.76. The van der Waals surface area contributed by atoms with Gasteiger partial charge in [0, 0.05) is 13.1 Å². The van der Waals surface area contributed by atoms with Gasteiger partial charge in [-0.15, -0.1) is 0 Å². The summed E-state index contributed by atoms with van der Waals surface area (Å²) in [5.41, 5.74) is -0.872. The molecule has 3 aromatic rings. The maximum atomic E-state index is 13.4.